The minimum Gasteiger partial charge on any atom is -0.490 e. The second-order valence-corrected chi connectivity index (χ2v) is 8.63. The Balaban J connectivity index is 1.51. The molecule has 1 aliphatic rings. The molecule has 168 valence electrons. The number of benzene rings is 2. The van der Waals surface area contributed by atoms with Crippen LogP contribution in [-0.2, 0) is 0 Å². The molecular formula is C24H26ClN3O4. The Kier molecular flexibility index (Phi) is 6.39. The highest BCUT2D eigenvalue weighted by Gasteiger charge is 2.20. The van der Waals surface area contributed by atoms with Crippen molar-refractivity contribution < 1.29 is 13.9 Å². The summed E-state index contributed by atoms with van der Waals surface area (Å²) in [7, 11) is 2.11. The van der Waals surface area contributed by atoms with Crippen LogP contribution in [-0.4, -0.2) is 37.2 Å². The molecule has 1 saturated heterocycles. The van der Waals surface area contributed by atoms with E-state index in [-0.39, 0.29) is 11.8 Å². The molecule has 1 aromatic heterocycles. The highest BCUT2D eigenvalue weighted by molar-refractivity contribution is 6.31. The number of ether oxygens (including phenoxy) is 1. The molecule has 0 unspecified atom stereocenters. The maximum absolute atomic E-state index is 12.5. The first kappa shape index (κ1) is 22.2. The number of rotatable bonds is 4. The number of carbonyl (C=O) groups excluding carboxylic acids is 1. The molecule has 0 aliphatic carbocycles. The van der Waals surface area contributed by atoms with Gasteiger partial charge in [-0.15, -0.1) is 0 Å². The van der Waals surface area contributed by atoms with Crippen LogP contribution in [0.15, 0.2) is 45.6 Å². The highest BCUT2D eigenvalue weighted by atomic mass is 35.5. The van der Waals surface area contributed by atoms with E-state index in [1.54, 1.807) is 24.3 Å². The average molecular weight is 456 g/mol. The molecule has 0 bridgehead atoms. The molecular weight excluding hydrogens is 430 g/mol. The van der Waals surface area contributed by atoms with Gasteiger partial charge in [-0.25, -0.2) is 9.59 Å². The SMILES string of the molecule is Cc1cc(NC(=O)Nc2cc3ccc(OC4CCN(C)CC4)c(C)c3oc2=O)ccc1Cl. The molecule has 1 aliphatic heterocycles. The average Bonchev–Trinajstić information content (AvgIpc) is 2.75. The van der Waals surface area contributed by atoms with E-state index >= 15 is 0 Å². The zero-order valence-electron chi connectivity index (χ0n) is 18.3. The van der Waals surface area contributed by atoms with E-state index in [0.717, 1.165) is 37.1 Å². The molecule has 3 aromatic rings. The van der Waals surface area contributed by atoms with Gasteiger partial charge in [0.05, 0.1) is 0 Å². The second-order valence-electron chi connectivity index (χ2n) is 8.22. The summed E-state index contributed by atoms with van der Waals surface area (Å²) >= 11 is 6.01. The van der Waals surface area contributed by atoms with Gasteiger partial charge in [0.15, 0.2) is 0 Å². The number of hydrogen-bond donors (Lipinski definition) is 2. The zero-order chi connectivity index (χ0) is 22.8. The minimum atomic E-state index is -0.625. The normalized spacial score (nSPS) is 15.0. The fourth-order valence-electron chi connectivity index (χ4n) is 3.81. The van der Waals surface area contributed by atoms with Crippen molar-refractivity contribution in [1.29, 1.82) is 0 Å². The van der Waals surface area contributed by atoms with Crippen LogP contribution in [0.4, 0.5) is 16.2 Å². The molecule has 2 heterocycles. The van der Waals surface area contributed by atoms with Crippen molar-refractivity contribution in [2.24, 2.45) is 0 Å². The molecule has 8 heteroatoms. The number of halogens is 1. The molecule has 0 radical (unpaired) electrons. The molecule has 7 nitrogen and oxygen atoms in total. The first-order chi connectivity index (χ1) is 15.3. The Morgan fingerprint density at radius 3 is 2.59 bits per heavy atom. The zero-order valence-corrected chi connectivity index (χ0v) is 19.1. The van der Waals surface area contributed by atoms with Gasteiger partial charge in [-0.05, 0) is 75.7 Å². The summed E-state index contributed by atoms with van der Waals surface area (Å²) in [5.41, 5.74) is 2.07. The first-order valence-electron chi connectivity index (χ1n) is 10.6. The number of aryl methyl sites for hydroxylation is 2. The number of urea groups is 1. The van der Waals surface area contributed by atoms with Gasteiger partial charge >= 0.3 is 11.7 Å². The van der Waals surface area contributed by atoms with Crippen LogP contribution in [0, 0.1) is 13.8 Å². The van der Waals surface area contributed by atoms with Crippen molar-refractivity contribution >= 4 is 40.0 Å². The Morgan fingerprint density at radius 1 is 1.12 bits per heavy atom. The quantitative estimate of drug-likeness (QED) is 0.529. The lowest BCUT2D eigenvalue weighted by Gasteiger charge is -2.29. The van der Waals surface area contributed by atoms with E-state index in [0.29, 0.717) is 27.4 Å². The summed E-state index contributed by atoms with van der Waals surface area (Å²) in [5.74, 6) is 0.715. The van der Waals surface area contributed by atoms with Gasteiger partial charge in [0.1, 0.15) is 23.1 Å². The summed E-state index contributed by atoms with van der Waals surface area (Å²) in [4.78, 5) is 27.2. The monoisotopic (exact) mass is 455 g/mol. The van der Waals surface area contributed by atoms with Crippen LogP contribution in [0.5, 0.6) is 5.75 Å². The summed E-state index contributed by atoms with van der Waals surface area (Å²) < 4.78 is 11.7. The van der Waals surface area contributed by atoms with Gasteiger partial charge in [-0.2, -0.15) is 0 Å². The topological polar surface area (TPSA) is 83.8 Å². The molecule has 0 atom stereocenters. The van der Waals surface area contributed by atoms with Gasteiger partial charge in [0.25, 0.3) is 0 Å². The Hall–Kier alpha value is -3.03. The summed E-state index contributed by atoms with van der Waals surface area (Å²) in [6.07, 6.45) is 2.07. The predicted octanol–water partition coefficient (Wildman–Crippen LogP) is 5.18. The number of nitrogens with zero attached hydrogens (tertiary/aromatic N) is 1. The van der Waals surface area contributed by atoms with Crippen LogP contribution >= 0.6 is 11.6 Å². The van der Waals surface area contributed by atoms with Gasteiger partial charge < -0.3 is 24.7 Å². The van der Waals surface area contributed by atoms with Gasteiger partial charge in [-0.1, -0.05) is 11.6 Å². The maximum atomic E-state index is 12.5. The van der Waals surface area contributed by atoms with Crippen LogP contribution < -0.4 is 21.0 Å². The minimum absolute atomic E-state index is 0.0593. The fraction of sp³-hybridized carbons (Fsp3) is 0.333. The van der Waals surface area contributed by atoms with Gasteiger partial charge in [0.2, 0.25) is 0 Å². The summed E-state index contributed by atoms with van der Waals surface area (Å²) in [6, 6.07) is 9.92. The van der Waals surface area contributed by atoms with Crippen LogP contribution in [0.3, 0.4) is 0 Å². The molecule has 1 fully saturated rings. The number of anilines is 2. The molecule has 0 spiro atoms. The van der Waals surface area contributed by atoms with Crippen molar-refractivity contribution in [1.82, 2.24) is 4.90 Å². The van der Waals surface area contributed by atoms with Crippen LogP contribution in [0.25, 0.3) is 11.0 Å². The standard InChI is InChI=1S/C24H26ClN3O4/c1-14-12-17(5-6-19(14)25)26-24(30)27-20-13-16-4-7-21(15(2)22(16)32-23(20)29)31-18-8-10-28(3)11-9-18/h4-7,12-13,18H,8-11H2,1-3H3,(H2,26,27,30). The number of hydrogen-bond acceptors (Lipinski definition) is 5. The molecule has 2 aromatic carbocycles. The highest BCUT2D eigenvalue weighted by Crippen LogP contribution is 2.30. The van der Waals surface area contributed by atoms with E-state index in [2.05, 4.69) is 22.6 Å². The van der Waals surface area contributed by atoms with Crippen molar-refractivity contribution in [3.05, 3.63) is 63.0 Å². The van der Waals surface area contributed by atoms with E-state index in [9.17, 15) is 9.59 Å². The largest absolute Gasteiger partial charge is 0.490 e. The van der Waals surface area contributed by atoms with E-state index in [1.165, 1.54) is 0 Å². The van der Waals surface area contributed by atoms with Crippen molar-refractivity contribution in [3.8, 4) is 5.75 Å². The number of nitrogens with one attached hydrogen (secondary N) is 2. The van der Waals surface area contributed by atoms with E-state index < -0.39 is 11.7 Å². The summed E-state index contributed by atoms with van der Waals surface area (Å²) in [5, 5.41) is 6.57. The second kappa shape index (κ2) is 9.22. The number of likely N-dealkylation sites (tertiary alicyclic amines) is 1. The third-order valence-corrected chi connectivity index (χ3v) is 6.15. The fourth-order valence-corrected chi connectivity index (χ4v) is 3.93. The Bertz CT molecular complexity index is 1220. The van der Waals surface area contributed by atoms with Crippen LogP contribution in [0.2, 0.25) is 5.02 Å². The molecule has 2 N–H and O–H groups in total. The van der Waals surface area contributed by atoms with E-state index in [4.69, 9.17) is 20.8 Å². The third kappa shape index (κ3) is 4.89. The first-order valence-corrected chi connectivity index (χ1v) is 10.9. The predicted molar refractivity (Wildman–Crippen MR) is 127 cm³/mol. The molecule has 0 saturated carbocycles. The number of piperidine rings is 1. The van der Waals surface area contributed by atoms with Gasteiger partial charge in [0, 0.05) is 34.7 Å². The number of amides is 2. The maximum Gasteiger partial charge on any atom is 0.360 e. The van der Waals surface area contributed by atoms with E-state index in [1.807, 2.05) is 26.0 Å². The molecule has 2 amide bonds. The summed E-state index contributed by atoms with van der Waals surface area (Å²) in [6.45, 7) is 5.72. The lowest BCUT2D eigenvalue weighted by Crippen LogP contribution is -2.35. The van der Waals surface area contributed by atoms with Crippen molar-refractivity contribution in [3.63, 3.8) is 0 Å². The van der Waals surface area contributed by atoms with Gasteiger partial charge in [-0.3, -0.25) is 0 Å². The lowest BCUT2D eigenvalue weighted by atomic mass is 10.1. The third-order valence-electron chi connectivity index (χ3n) is 5.72. The van der Waals surface area contributed by atoms with Crippen LogP contribution in [0.1, 0.15) is 24.0 Å². The number of carbonyl (C=O) groups is 1. The van der Waals surface area contributed by atoms with Crippen molar-refractivity contribution in [2.45, 2.75) is 32.8 Å². The Labute approximate surface area is 191 Å². The lowest BCUT2D eigenvalue weighted by molar-refractivity contribution is 0.113. The smallest absolute Gasteiger partial charge is 0.360 e. The molecule has 32 heavy (non-hydrogen) atoms. The molecule has 4 rings (SSSR count). The number of fused-ring (bicyclic) bond motifs is 1. The Morgan fingerprint density at radius 2 is 1.88 bits per heavy atom. The van der Waals surface area contributed by atoms with Crippen molar-refractivity contribution in [2.75, 3.05) is 30.8 Å².